The van der Waals surface area contributed by atoms with Gasteiger partial charge >= 0.3 is 5.97 Å². The number of nitrogens with zero attached hydrogens (tertiary/aromatic N) is 1. The van der Waals surface area contributed by atoms with E-state index in [-0.39, 0.29) is 20.4 Å². The monoisotopic (exact) mass is 699 g/mol. The number of imide groups is 1. The number of carboxylic acids is 1. The van der Waals surface area contributed by atoms with Crippen LogP contribution in [-0.2, 0) is 9.59 Å². The van der Waals surface area contributed by atoms with Gasteiger partial charge in [-0.3, -0.25) is 19.3 Å². The second-order valence-corrected chi connectivity index (χ2v) is 8.51. The minimum absolute atomic E-state index is 0.0342. The van der Waals surface area contributed by atoms with Crippen LogP contribution in [0.1, 0.15) is 41.0 Å². The first kappa shape index (κ1) is 23.5. The smallest absolute Gasteiger partial charge is 0.337 e. The Kier molecular flexibility index (Phi) is 8.66. The van der Waals surface area contributed by atoms with E-state index in [4.69, 9.17) is 5.73 Å². The van der Waals surface area contributed by atoms with Crippen molar-refractivity contribution in [1.82, 2.24) is 4.90 Å². The first-order valence-corrected chi connectivity index (χ1v) is 10.5. The molecular weight excluding hydrogens is 683 g/mol. The number of likely N-dealkylation sites (N-methyl/N-ethyl adjacent to an activating group) is 1. The lowest BCUT2D eigenvalue weighted by molar-refractivity contribution is -0.129. The van der Waals surface area contributed by atoms with E-state index in [9.17, 15) is 24.3 Å². The first-order chi connectivity index (χ1) is 11.9. The Morgan fingerprint density at radius 1 is 1.12 bits per heavy atom. The molecule has 142 valence electrons. The number of aromatic carboxylic acids is 1. The molecule has 3 amide bonds. The zero-order valence-corrected chi connectivity index (χ0v) is 20.5. The number of amides is 3. The predicted octanol–water partition coefficient (Wildman–Crippen LogP) is 2.49. The van der Waals surface area contributed by atoms with E-state index in [0.29, 0.717) is 13.6 Å². The molecule has 0 radical (unpaired) electrons. The van der Waals surface area contributed by atoms with E-state index in [1.165, 1.54) is 14.0 Å². The fourth-order valence-electron chi connectivity index (χ4n) is 2.02. The van der Waals surface area contributed by atoms with E-state index < -0.39 is 29.7 Å². The number of halogens is 3. The lowest BCUT2D eigenvalue weighted by atomic mass is 10.1. The Bertz CT molecular complexity index is 797. The molecule has 0 aliphatic heterocycles. The summed E-state index contributed by atoms with van der Waals surface area (Å²) in [4.78, 5) is 49.2. The van der Waals surface area contributed by atoms with Crippen LogP contribution in [0.25, 0.3) is 0 Å². The maximum Gasteiger partial charge on any atom is 0.337 e. The van der Waals surface area contributed by atoms with Gasteiger partial charge in [0.05, 0.1) is 30.0 Å². The Labute approximate surface area is 191 Å². The van der Waals surface area contributed by atoms with Crippen LogP contribution < -0.4 is 11.1 Å². The van der Waals surface area contributed by atoms with Gasteiger partial charge in [0.25, 0.3) is 5.91 Å². The summed E-state index contributed by atoms with van der Waals surface area (Å²) in [5.41, 5.74) is 5.85. The van der Waals surface area contributed by atoms with Crippen LogP contribution in [0.5, 0.6) is 0 Å². The fourth-order valence-corrected chi connectivity index (χ4v) is 6.38. The highest BCUT2D eigenvalue weighted by Gasteiger charge is 2.32. The van der Waals surface area contributed by atoms with Crippen molar-refractivity contribution in [3.8, 4) is 0 Å². The fraction of sp³-hybridized carbons (Fsp3) is 0.333. The van der Waals surface area contributed by atoms with Crippen molar-refractivity contribution in [2.24, 2.45) is 5.73 Å². The van der Waals surface area contributed by atoms with Gasteiger partial charge < -0.3 is 16.2 Å². The summed E-state index contributed by atoms with van der Waals surface area (Å²) in [6.07, 6.45) is 0.356. The minimum Gasteiger partial charge on any atom is -0.478 e. The molecule has 26 heavy (non-hydrogen) atoms. The summed E-state index contributed by atoms with van der Waals surface area (Å²) in [6.45, 7) is 3.00. The quantitative estimate of drug-likeness (QED) is 0.406. The van der Waals surface area contributed by atoms with Crippen molar-refractivity contribution in [1.29, 1.82) is 0 Å². The average molecular weight is 699 g/mol. The molecule has 1 aromatic carbocycles. The molecule has 0 heterocycles. The zero-order chi connectivity index (χ0) is 20.3. The highest BCUT2D eigenvalue weighted by molar-refractivity contribution is 14.1. The molecule has 0 saturated heterocycles. The highest BCUT2D eigenvalue weighted by Crippen LogP contribution is 2.36. The van der Waals surface area contributed by atoms with E-state index in [1.54, 1.807) is 29.5 Å². The number of nitrogens with one attached hydrogen (secondary N) is 1. The lowest BCUT2D eigenvalue weighted by Gasteiger charge is -2.22. The number of carbonyl (C=O) groups excluding carboxylic acids is 3. The van der Waals surface area contributed by atoms with Crippen molar-refractivity contribution in [3.63, 3.8) is 0 Å². The summed E-state index contributed by atoms with van der Waals surface area (Å²) in [6, 6.07) is -0.836. The molecule has 0 bridgehead atoms. The molecule has 1 aromatic rings. The molecule has 1 atom stereocenters. The molecule has 8 nitrogen and oxygen atoms in total. The van der Waals surface area contributed by atoms with Crippen molar-refractivity contribution in [3.05, 3.63) is 21.8 Å². The zero-order valence-electron chi connectivity index (χ0n) is 14.0. The second-order valence-electron chi connectivity index (χ2n) is 5.27. The summed E-state index contributed by atoms with van der Waals surface area (Å²) >= 11 is 5.43. The third-order valence-electron chi connectivity index (χ3n) is 3.44. The van der Waals surface area contributed by atoms with Gasteiger partial charge in [0.1, 0.15) is 0 Å². The molecule has 11 heteroatoms. The van der Waals surface area contributed by atoms with E-state index in [1.807, 2.05) is 45.2 Å². The molecule has 4 N–H and O–H groups in total. The minimum atomic E-state index is -1.24. The molecule has 0 saturated carbocycles. The van der Waals surface area contributed by atoms with Crippen molar-refractivity contribution >= 4 is 97.2 Å². The molecule has 0 fully saturated rings. The highest BCUT2D eigenvalue weighted by atomic mass is 127. The number of benzene rings is 1. The van der Waals surface area contributed by atoms with Crippen LogP contribution in [-0.4, -0.2) is 46.8 Å². The van der Waals surface area contributed by atoms with Gasteiger partial charge in [-0.1, -0.05) is 6.92 Å². The van der Waals surface area contributed by atoms with Gasteiger partial charge in [0.15, 0.2) is 0 Å². The number of hydrogen-bond acceptors (Lipinski definition) is 5. The predicted molar refractivity (Wildman–Crippen MR) is 121 cm³/mol. The lowest BCUT2D eigenvalue weighted by Crippen LogP contribution is -2.44. The molecule has 0 aliphatic rings. The van der Waals surface area contributed by atoms with Crippen LogP contribution >= 0.6 is 67.8 Å². The summed E-state index contributed by atoms with van der Waals surface area (Å²) < 4.78 is 0.842. The van der Waals surface area contributed by atoms with Gasteiger partial charge in [-0.05, 0) is 74.2 Å². The average Bonchev–Trinajstić information content (AvgIpc) is 2.55. The Morgan fingerprint density at radius 2 is 1.62 bits per heavy atom. The third-order valence-corrected chi connectivity index (χ3v) is 6.67. The number of rotatable bonds is 5. The second kappa shape index (κ2) is 9.59. The van der Waals surface area contributed by atoms with Crippen LogP contribution in [0.4, 0.5) is 5.69 Å². The standard InChI is InChI=1S/C15H16I3N3O5/c1-4-6(19)13(23)21(3)14(24)7-9(16)8(15(25)26)11(18)12(10(7)17)20-5(2)22/h6H,4,19H2,1-3H3,(H,20,22)(H,25,26). The Hall–Kier alpha value is -0.550. The van der Waals surface area contributed by atoms with E-state index in [2.05, 4.69) is 5.32 Å². The number of nitrogens with two attached hydrogens (primary N) is 1. The largest absolute Gasteiger partial charge is 0.478 e. The van der Waals surface area contributed by atoms with Gasteiger partial charge in [-0.25, -0.2) is 4.79 Å². The molecule has 0 aromatic heterocycles. The van der Waals surface area contributed by atoms with Gasteiger partial charge in [-0.15, -0.1) is 0 Å². The number of anilines is 1. The van der Waals surface area contributed by atoms with Crippen molar-refractivity contribution < 1.29 is 24.3 Å². The van der Waals surface area contributed by atoms with Crippen LogP contribution in [0.15, 0.2) is 0 Å². The van der Waals surface area contributed by atoms with Crippen molar-refractivity contribution in [2.75, 3.05) is 12.4 Å². The van der Waals surface area contributed by atoms with E-state index in [0.717, 1.165) is 4.90 Å². The SMILES string of the molecule is CCC(N)C(=O)N(C)C(=O)c1c(I)c(NC(C)=O)c(I)c(C(=O)O)c1I. The van der Waals surface area contributed by atoms with Crippen LogP contribution in [0.3, 0.4) is 0 Å². The van der Waals surface area contributed by atoms with Gasteiger partial charge in [0.2, 0.25) is 11.8 Å². The molecular formula is C15H16I3N3O5. The summed E-state index contributed by atoms with van der Waals surface area (Å²) in [7, 11) is 1.29. The first-order valence-electron chi connectivity index (χ1n) is 7.24. The Morgan fingerprint density at radius 3 is 2.04 bits per heavy atom. The maximum absolute atomic E-state index is 12.9. The topological polar surface area (TPSA) is 130 Å². The van der Waals surface area contributed by atoms with Gasteiger partial charge in [-0.2, -0.15) is 0 Å². The molecule has 0 spiro atoms. The summed E-state index contributed by atoms with van der Waals surface area (Å²) in [5.74, 6) is -2.90. The number of carboxylic acid groups (broad SMARTS) is 1. The van der Waals surface area contributed by atoms with Crippen molar-refractivity contribution in [2.45, 2.75) is 26.3 Å². The maximum atomic E-state index is 12.9. The van der Waals surface area contributed by atoms with Crippen LogP contribution in [0.2, 0.25) is 0 Å². The number of hydrogen-bond donors (Lipinski definition) is 3. The third kappa shape index (κ3) is 4.83. The van der Waals surface area contributed by atoms with E-state index >= 15 is 0 Å². The summed E-state index contributed by atoms with van der Waals surface area (Å²) in [5, 5.41) is 12.1. The van der Waals surface area contributed by atoms with Gasteiger partial charge in [0, 0.05) is 17.5 Å². The number of carbonyl (C=O) groups is 4. The molecule has 0 aliphatic carbocycles. The van der Waals surface area contributed by atoms with Crippen LogP contribution in [0, 0.1) is 10.7 Å². The Balaban J connectivity index is 3.67. The normalized spacial score (nSPS) is 11.7. The molecule has 1 rings (SSSR count). The molecule has 1 unspecified atom stereocenters.